The van der Waals surface area contributed by atoms with Crippen molar-refractivity contribution in [2.75, 3.05) is 20.1 Å². The molecule has 7 nitrogen and oxygen atoms in total. The van der Waals surface area contributed by atoms with E-state index in [0.29, 0.717) is 6.54 Å². The van der Waals surface area contributed by atoms with Crippen molar-refractivity contribution in [1.29, 1.82) is 0 Å². The lowest BCUT2D eigenvalue weighted by molar-refractivity contribution is 0.598. The molecule has 1 aromatic carbocycles. The first-order chi connectivity index (χ1) is 12.3. The van der Waals surface area contributed by atoms with Crippen LogP contribution in [0.3, 0.4) is 0 Å². The monoisotopic (exact) mass is 395 g/mol. The normalized spacial score (nSPS) is 12.2. The minimum absolute atomic E-state index is 0.124. The number of aromatic nitrogens is 1. The van der Waals surface area contributed by atoms with Crippen LogP contribution in [0, 0.1) is 13.8 Å². The van der Waals surface area contributed by atoms with E-state index < -0.39 is 10.0 Å². The number of aryl methyl sites for hydroxylation is 2. The van der Waals surface area contributed by atoms with Gasteiger partial charge in [-0.2, -0.15) is 0 Å². The smallest absolute Gasteiger partial charge is 0.238 e. The molecule has 0 unspecified atom stereocenters. The van der Waals surface area contributed by atoms with E-state index in [1.54, 1.807) is 30.5 Å². The second-order valence-corrected chi connectivity index (χ2v) is 8.71. The Bertz CT molecular complexity index is 838. The van der Waals surface area contributed by atoms with E-state index in [0.717, 1.165) is 41.6 Å². The molecule has 0 aliphatic heterocycles. The number of guanidine groups is 1. The Balaban J connectivity index is 1.74. The third-order valence-electron chi connectivity index (χ3n) is 3.89. The van der Waals surface area contributed by atoms with Gasteiger partial charge in [0.25, 0.3) is 0 Å². The second-order valence-electron chi connectivity index (χ2n) is 5.86. The fraction of sp³-hybridized carbons (Fsp3) is 0.412. The molecule has 0 aliphatic carbocycles. The van der Waals surface area contributed by atoms with E-state index in [-0.39, 0.29) is 4.90 Å². The molecule has 1 heterocycles. The van der Waals surface area contributed by atoms with Crippen LogP contribution < -0.4 is 15.8 Å². The summed E-state index contributed by atoms with van der Waals surface area (Å²) < 4.78 is 22.5. The number of nitrogens with one attached hydrogen (secondary N) is 2. The predicted octanol–water partition coefficient (Wildman–Crippen LogP) is 1.36. The minimum atomic E-state index is -3.64. The summed E-state index contributed by atoms with van der Waals surface area (Å²) in [6.45, 7) is 5.55. The Morgan fingerprint density at radius 3 is 2.27 bits per heavy atom. The highest BCUT2D eigenvalue weighted by molar-refractivity contribution is 7.89. The Morgan fingerprint density at radius 1 is 1.15 bits per heavy atom. The van der Waals surface area contributed by atoms with Crippen LogP contribution in [-0.2, 0) is 22.9 Å². The van der Waals surface area contributed by atoms with Crippen molar-refractivity contribution in [2.24, 2.45) is 10.1 Å². The number of benzene rings is 1. The van der Waals surface area contributed by atoms with Crippen molar-refractivity contribution in [3.05, 3.63) is 45.4 Å². The molecule has 26 heavy (non-hydrogen) atoms. The topological polar surface area (TPSA) is 109 Å². The fourth-order valence-corrected chi connectivity index (χ4v) is 3.77. The van der Waals surface area contributed by atoms with Gasteiger partial charge >= 0.3 is 0 Å². The van der Waals surface area contributed by atoms with Crippen molar-refractivity contribution in [1.82, 2.24) is 15.6 Å². The zero-order chi connectivity index (χ0) is 19.2. The summed E-state index contributed by atoms with van der Waals surface area (Å²) in [6, 6.07) is 6.58. The quantitative estimate of drug-likeness (QED) is 0.484. The lowest BCUT2D eigenvalue weighted by atomic mass is 10.1. The fourth-order valence-electron chi connectivity index (χ4n) is 2.33. The first-order valence-electron chi connectivity index (χ1n) is 8.29. The summed E-state index contributed by atoms with van der Waals surface area (Å²) in [6.07, 6.45) is 1.60. The van der Waals surface area contributed by atoms with Crippen LogP contribution >= 0.6 is 11.3 Å². The van der Waals surface area contributed by atoms with Crippen LogP contribution in [0.2, 0.25) is 0 Å². The van der Waals surface area contributed by atoms with E-state index in [1.807, 2.05) is 6.92 Å². The number of sulfonamides is 1. The molecule has 9 heteroatoms. The molecule has 0 atom stereocenters. The number of nitrogens with two attached hydrogens (primary N) is 1. The molecule has 4 N–H and O–H groups in total. The lowest BCUT2D eigenvalue weighted by Gasteiger charge is -2.11. The van der Waals surface area contributed by atoms with Crippen molar-refractivity contribution in [3.63, 3.8) is 0 Å². The van der Waals surface area contributed by atoms with Crippen molar-refractivity contribution >= 4 is 27.3 Å². The van der Waals surface area contributed by atoms with E-state index in [1.165, 1.54) is 17.0 Å². The predicted molar refractivity (Wildman–Crippen MR) is 106 cm³/mol. The number of hydrogen-bond donors (Lipinski definition) is 3. The van der Waals surface area contributed by atoms with Gasteiger partial charge in [-0.25, -0.2) is 18.5 Å². The summed E-state index contributed by atoms with van der Waals surface area (Å²) in [5.74, 6) is 0.733. The van der Waals surface area contributed by atoms with Gasteiger partial charge in [-0.3, -0.25) is 4.99 Å². The average Bonchev–Trinajstić information content (AvgIpc) is 2.91. The van der Waals surface area contributed by atoms with Gasteiger partial charge in [0, 0.05) is 31.4 Å². The first kappa shape index (κ1) is 20.3. The van der Waals surface area contributed by atoms with Gasteiger partial charge < -0.3 is 10.6 Å². The maximum atomic E-state index is 11.2. The lowest BCUT2D eigenvalue weighted by Crippen LogP contribution is -2.39. The molecule has 142 valence electrons. The van der Waals surface area contributed by atoms with E-state index in [2.05, 4.69) is 27.5 Å². The Labute approximate surface area is 158 Å². The highest BCUT2D eigenvalue weighted by Gasteiger charge is 2.07. The second kappa shape index (κ2) is 9.11. The molecule has 1 aromatic heterocycles. The van der Waals surface area contributed by atoms with Crippen LogP contribution in [-0.4, -0.2) is 39.5 Å². The van der Waals surface area contributed by atoms with E-state index in [4.69, 9.17) is 5.14 Å². The summed E-state index contributed by atoms with van der Waals surface area (Å²) in [7, 11) is -1.91. The number of primary sulfonamides is 1. The van der Waals surface area contributed by atoms with E-state index >= 15 is 0 Å². The summed E-state index contributed by atoms with van der Waals surface area (Å²) >= 11 is 1.73. The third kappa shape index (κ3) is 6.08. The maximum Gasteiger partial charge on any atom is 0.238 e. The molecule has 0 fully saturated rings. The van der Waals surface area contributed by atoms with Crippen LogP contribution in [0.25, 0.3) is 0 Å². The van der Waals surface area contributed by atoms with Gasteiger partial charge in [-0.1, -0.05) is 12.1 Å². The highest BCUT2D eigenvalue weighted by atomic mass is 32.2. The summed E-state index contributed by atoms with van der Waals surface area (Å²) in [4.78, 5) is 10.1. The minimum Gasteiger partial charge on any atom is -0.356 e. The summed E-state index contributed by atoms with van der Waals surface area (Å²) in [5.41, 5.74) is 2.12. The van der Waals surface area contributed by atoms with Crippen molar-refractivity contribution in [3.8, 4) is 0 Å². The molecule has 0 radical (unpaired) electrons. The molecule has 0 bridgehead atoms. The zero-order valence-electron chi connectivity index (χ0n) is 15.2. The number of rotatable bonds is 7. The number of thiazole rings is 1. The Hall–Kier alpha value is -1.97. The SMILES string of the molecule is CN=C(NCCc1ccc(S(N)(=O)=O)cc1)NCCc1nc(C)c(C)s1. The van der Waals surface area contributed by atoms with Crippen LogP contribution in [0.4, 0.5) is 0 Å². The maximum absolute atomic E-state index is 11.2. The average molecular weight is 396 g/mol. The van der Waals surface area contributed by atoms with Crippen molar-refractivity contribution in [2.45, 2.75) is 31.6 Å². The molecular formula is C17H25N5O2S2. The van der Waals surface area contributed by atoms with Crippen LogP contribution in [0.5, 0.6) is 0 Å². The number of aliphatic imine (C=N–C) groups is 1. The Morgan fingerprint density at radius 2 is 1.77 bits per heavy atom. The van der Waals surface area contributed by atoms with Gasteiger partial charge in [0.1, 0.15) is 0 Å². The van der Waals surface area contributed by atoms with Crippen LogP contribution in [0.1, 0.15) is 21.1 Å². The Kier molecular flexibility index (Phi) is 7.13. The largest absolute Gasteiger partial charge is 0.356 e. The summed E-state index contributed by atoms with van der Waals surface area (Å²) in [5, 5.41) is 12.7. The molecule has 0 spiro atoms. The molecule has 0 saturated carbocycles. The van der Waals surface area contributed by atoms with E-state index in [9.17, 15) is 8.42 Å². The van der Waals surface area contributed by atoms with Gasteiger partial charge in [0.15, 0.2) is 5.96 Å². The van der Waals surface area contributed by atoms with Crippen LogP contribution in [0.15, 0.2) is 34.2 Å². The molecular weight excluding hydrogens is 370 g/mol. The molecule has 0 saturated heterocycles. The molecule has 2 aromatic rings. The van der Waals surface area contributed by atoms with Gasteiger partial charge in [0.05, 0.1) is 15.6 Å². The zero-order valence-corrected chi connectivity index (χ0v) is 16.9. The number of nitrogens with zero attached hydrogens (tertiary/aromatic N) is 2. The van der Waals surface area contributed by atoms with Gasteiger partial charge in [-0.05, 0) is 38.0 Å². The van der Waals surface area contributed by atoms with Crippen molar-refractivity contribution < 1.29 is 8.42 Å². The molecule has 2 rings (SSSR count). The molecule has 0 amide bonds. The number of hydrogen-bond acceptors (Lipinski definition) is 5. The first-order valence-corrected chi connectivity index (χ1v) is 10.6. The standard InChI is InChI=1S/C17H25N5O2S2/c1-12-13(2)25-16(22-12)9-11-21-17(19-3)20-10-8-14-4-6-15(7-5-14)26(18,23)24/h4-7H,8-11H2,1-3H3,(H2,18,23,24)(H2,19,20,21). The van der Waals surface area contributed by atoms with Gasteiger partial charge in [0.2, 0.25) is 10.0 Å². The molecule has 0 aliphatic rings. The van der Waals surface area contributed by atoms with Gasteiger partial charge in [-0.15, -0.1) is 11.3 Å². The highest BCUT2D eigenvalue weighted by Crippen LogP contribution is 2.16. The third-order valence-corrected chi connectivity index (χ3v) is 5.95.